The number of nitrogens with zero attached hydrogens (tertiary/aromatic N) is 1. The smallest absolute Gasteiger partial charge is 0.354 e. The molecule has 0 aliphatic heterocycles. The van der Waals surface area contributed by atoms with Gasteiger partial charge in [0.1, 0.15) is 10.6 Å². The van der Waals surface area contributed by atoms with Crippen molar-refractivity contribution in [2.45, 2.75) is 11.3 Å². The number of hydrogen-bond donors (Lipinski definition) is 1. The van der Waals surface area contributed by atoms with Gasteiger partial charge in [0.05, 0.1) is 13.7 Å². The maximum atomic E-state index is 11.9. The van der Waals surface area contributed by atoms with E-state index in [1.54, 1.807) is 4.72 Å². The van der Waals surface area contributed by atoms with Crippen molar-refractivity contribution in [1.82, 2.24) is 9.29 Å². The second-order valence-corrected chi connectivity index (χ2v) is 5.17. The Hall–Kier alpha value is -1.48. The van der Waals surface area contributed by atoms with E-state index in [4.69, 9.17) is 0 Å². The van der Waals surface area contributed by atoms with Crippen LogP contribution in [0.5, 0.6) is 0 Å². The predicted molar refractivity (Wildman–Crippen MR) is 57.9 cm³/mol. The molecule has 9 heteroatoms. The van der Waals surface area contributed by atoms with Gasteiger partial charge < -0.3 is 9.30 Å². The molecule has 1 heterocycles. The lowest BCUT2D eigenvalue weighted by Crippen LogP contribution is -2.28. The zero-order chi connectivity index (χ0) is 13.9. The van der Waals surface area contributed by atoms with Crippen LogP contribution in [0.2, 0.25) is 0 Å². The molecule has 0 atom stereocenters. The summed E-state index contributed by atoms with van der Waals surface area (Å²) in [7, 11) is -1.46. The quantitative estimate of drug-likeness (QED) is 0.791. The number of nitrogens with one attached hydrogen (secondary N) is 1. The summed E-state index contributed by atoms with van der Waals surface area (Å²) in [6.45, 7) is -0.981. The lowest BCUT2D eigenvalue weighted by molar-refractivity contribution is 0.0590. The number of aromatic nitrogens is 1. The van der Waals surface area contributed by atoms with E-state index in [1.165, 1.54) is 11.6 Å². The molecule has 0 saturated heterocycles. The van der Waals surface area contributed by atoms with Crippen LogP contribution in [-0.2, 0) is 21.8 Å². The molecule has 102 valence electrons. The molecule has 0 unspecified atom stereocenters. The molecule has 0 aliphatic rings. The van der Waals surface area contributed by atoms with Crippen LogP contribution in [0, 0.1) is 0 Å². The van der Waals surface area contributed by atoms with Gasteiger partial charge in [-0.05, 0) is 6.07 Å². The van der Waals surface area contributed by atoms with Gasteiger partial charge in [-0.25, -0.2) is 26.7 Å². The molecule has 0 amide bonds. The summed E-state index contributed by atoms with van der Waals surface area (Å²) in [5.41, 5.74) is 0.00919. The highest BCUT2D eigenvalue weighted by molar-refractivity contribution is 7.89. The van der Waals surface area contributed by atoms with E-state index >= 15 is 0 Å². The van der Waals surface area contributed by atoms with Gasteiger partial charge in [0.25, 0.3) is 6.43 Å². The third-order valence-electron chi connectivity index (χ3n) is 2.11. The van der Waals surface area contributed by atoms with Crippen LogP contribution in [-0.4, -0.2) is 39.0 Å². The Morgan fingerprint density at radius 2 is 2.17 bits per heavy atom. The molecule has 0 saturated carbocycles. The highest BCUT2D eigenvalue weighted by Crippen LogP contribution is 2.14. The van der Waals surface area contributed by atoms with Crippen molar-refractivity contribution in [2.24, 2.45) is 7.05 Å². The average Bonchev–Trinajstić information content (AvgIpc) is 2.68. The van der Waals surface area contributed by atoms with Crippen molar-refractivity contribution in [3.63, 3.8) is 0 Å². The summed E-state index contributed by atoms with van der Waals surface area (Å²) in [6, 6.07) is 1.06. The summed E-state index contributed by atoms with van der Waals surface area (Å²) in [6.07, 6.45) is -1.65. The van der Waals surface area contributed by atoms with Crippen LogP contribution in [0.4, 0.5) is 8.78 Å². The minimum Gasteiger partial charge on any atom is -0.464 e. The number of sulfonamides is 1. The van der Waals surface area contributed by atoms with Gasteiger partial charge in [-0.15, -0.1) is 0 Å². The standard InChI is InChI=1S/C9H12F2N2O4S/c1-13-5-6(3-7(13)9(14)17-2)18(15,16)12-4-8(10)11/h3,5,8,12H,4H2,1-2H3. The number of aryl methyl sites for hydroxylation is 1. The van der Waals surface area contributed by atoms with Gasteiger partial charge in [0.2, 0.25) is 10.0 Å². The number of hydrogen-bond acceptors (Lipinski definition) is 4. The van der Waals surface area contributed by atoms with Crippen molar-refractivity contribution >= 4 is 16.0 Å². The molecule has 0 aliphatic carbocycles. The van der Waals surface area contributed by atoms with Gasteiger partial charge in [-0.3, -0.25) is 0 Å². The van der Waals surface area contributed by atoms with Crippen LogP contribution in [0.3, 0.4) is 0 Å². The molecule has 18 heavy (non-hydrogen) atoms. The number of carbonyl (C=O) groups excluding carboxylic acids is 1. The number of rotatable bonds is 5. The fourth-order valence-electron chi connectivity index (χ4n) is 1.24. The molecule has 0 radical (unpaired) electrons. The van der Waals surface area contributed by atoms with Crippen molar-refractivity contribution in [3.05, 3.63) is 18.0 Å². The van der Waals surface area contributed by atoms with E-state index in [9.17, 15) is 22.0 Å². The number of esters is 1. The van der Waals surface area contributed by atoms with E-state index in [2.05, 4.69) is 4.74 Å². The van der Waals surface area contributed by atoms with Gasteiger partial charge in [0, 0.05) is 13.2 Å². The number of ether oxygens (including phenoxy) is 1. The molecular formula is C9H12F2N2O4S. The highest BCUT2D eigenvalue weighted by atomic mass is 32.2. The Labute approximate surface area is 103 Å². The maximum Gasteiger partial charge on any atom is 0.354 e. The highest BCUT2D eigenvalue weighted by Gasteiger charge is 2.21. The number of halogens is 2. The third kappa shape index (κ3) is 3.26. The minimum atomic E-state index is -4.06. The zero-order valence-electron chi connectivity index (χ0n) is 9.68. The number of alkyl halides is 2. The van der Waals surface area contributed by atoms with Crippen LogP contribution >= 0.6 is 0 Å². The second-order valence-electron chi connectivity index (χ2n) is 3.41. The summed E-state index contributed by atoms with van der Waals surface area (Å²) >= 11 is 0. The van der Waals surface area contributed by atoms with Gasteiger partial charge in [-0.1, -0.05) is 0 Å². The number of methoxy groups -OCH3 is 1. The molecule has 0 aromatic carbocycles. The molecule has 6 nitrogen and oxygen atoms in total. The third-order valence-corrected chi connectivity index (χ3v) is 3.50. The van der Waals surface area contributed by atoms with Gasteiger partial charge in [-0.2, -0.15) is 0 Å². The summed E-state index contributed by atoms with van der Waals surface area (Å²) in [4.78, 5) is 11.0. The second kappa shape index (κ2) is 5.44. The summed E-state index contributed by atoms with van der Waals surface area (Å²) in [5, 5.41) is 0. The molecule has 0 spiro atoms. The van der Waals surface area contributed by atoms with Gasteiger partial charge in [0.15, 0.2) is 0 Å². The molecule has 1 aromatic heterocycles. The van der Waals surface area contributed by atoms with Crippen molar-refractivity contribution < 1.29 is 26.7 Å². The normalized spacial score (nSPS) is 11.8. The van der Waals surface area contributed by atoms with Crippen molar-refractivity contribution in [3.8, 4) is 0 Å². The zero-order valence-corrected chi connectivity index (χ0v) is 10.5. The van der Waals surface area contributed by atoms with Crippen LogP contribution in [0.1, 0.15) is 10.5 Å². The first-order valence-electron chi connectivity index (χ1n) is 4.80. The molecule has 0 fully saturated rings. The maximum absolute atomic E-state index is 11.9. The topological polar surface area (TPSA) is 77.4 Å². The first-order chi connectivity index (χ1) is 8.27. The van der Waals surface area contributed by atoms with Crippen LogP contribution in [0.15, 0.2) is 17.2 Å². The first kappa shape index (κ1) is 14.6. The number of carbonyl (C=O) groups is 1. The fourth-order valence-corrected chi connectivity index (χ4v) is 2.32. The Morgan fingerprint density at radius 1 is 1.56 bits per heavy atom. The minimum absolute atomic E-state index is 0.00919. The van der Waals surface area contributed by atoms with Crippen molar-refractivity contribution in [2.75, 3.05) is 13.7 Å². The lowest BCUT2D eigenvalue weighted by Gasteiger charge is -2.03. The average molecular weight is 282 g/mol. The van der Waals surface area contributed by atoms with Crippen LogP contribution in [0.25, 0.3) is 0 Å². The largest absolute Gasteiger partial charge is 0.464 e. The monoisotopic (exact) mass is 282 g/mol. The van der Waals surface area contributed by atoms with Crippen LogP contribution < -0.4 is 4.72 Å². The summed E-state index contributed by atoms with van der Waals surface area (Å²) < 4.78 is 54.5. The predicted octanol–water partition coefficient (Wildman–Crippen LogP) is 0.355. The first-order valence-corrected chi connectivity index (χ1v) is 6.28. The molecular weight excluding hydrogens is 270 g/mol. The molecule has 1 N–H and O–H groups in total. The summed E-state index contributed by atoms with van der Waals surface area (Å²) in [5.74, 6) is -0.715. The Kier molecular flexibility index (Phi) is 4.41. The Bertz CT molecular complexity index is 539. The van der Waals surface area contributed by atoms with E-state index in [0.29, 0.717) is 0 Å². The lowest BCUT2D eigenvalue weighted by atomic mass is 10.4. The Morgan fingerprint density at radius 3 is 2.67 bits per heavy atom. The van der Waals surface area contributed by atoms with E-state index in [-0.39, 0.29) is 10.6 Å². The molecule has 1 aromatic rings. The molecule has 1 rings (SSSR count). The van der Waals surface area contributed by atoms with E-state index in [1.807, 2.05) is 0 Å². The SMILES string of the molecule is COC(=O)c1cc(S(=O)(=O)NCC(F)F)cn1C. The van der Waals surface area contributed by atoms with Crippen molar-refractivity contribution in [1.29, 1.82) is 0 Å². The Balaban J connectivity index is 3.00. The molecule has 0 bridgehead atoms. The fraction of sp³-hybridized carbons (Fsp3) is 0.444. The van der Waals surface area contributed by atoms with E-state index < -0.39 is 29.0 Å². The van der Waals surface area contributed by atoms with Gasteiger partial charge >= 0.3 is 5.97 Å². The van der Waals surface area contributed by atoms with E-state index in [0.717, 1.165) is 19.4 Å².